The summed E-state index contributed by atoms with van der Waals surface area (Å²) >= 11 is -1.32. The number of alkyl halides is 5. The second kappa shape index (κ2) is 4.87. The summed E-state index contributed by atoms with van der Waals surface area (Å²) in [7, 11) is 0. The van der Waals surface area contributed by atoms with Gasteiger partial charge in [0.25, 0.3) is 0 Å². The molecule has 18 heavy (non-hydrogen) atoms. The van der Waals surface area contributed by atoms with Gasteiger partial charge in [-0.3, -0.25) is 0 Å². The van der Waals surface area contributed by atoms with Crippen LogP contribution in [0.5, 0.6) is 5.75 Å². The van der Waals surface area contributed by atoms with Gasteiger partial charge in [0.05, 0.1) is 0 Å². The van der Waals surface area contributed by atoms with E-state index >= 15 is 0 Å². The first-order chi connectivity index (χ1) is 8.37. The Morgan fingerprint density at radius 1 is 1.17 bits per heavy atom. The minimum absolute atomic E-state index is 0.257. The Morgan fingerprint density at radius 2 is 1.89 bits per heavy atom. The van der Waals surface area contributed by atoms with Crippen molar-refractivity contribution in [2.24, 2.45) is 0 Å². The van der Waals surface area contributed by atoms with Crippen molar-refractivity contribution in [3.63, 3.8) is 0 Å². The van der Waals surface area contributed by atoms with Crippen molar-refractivity contribution in [2.45, 2.75) is 6.36 Å². The monoisotopic (exact) mass is 370 g/mol. The van der Waals surface area contributed by atoms with Crippen molar-refractivity contribution in [1.82, 2.24) is 9.97 Å². The van der Waals surface area contributed by atoms with E-state index in [0.717, 1.165) is 9.09 Å². The zero-order valence-electron chi connectivity index (χ0n) is 9.62. The molecule has 0 spiro atoms. The number of hydrogen-bond acceptors (Lipinski definition) is 3. The van der Waals surface area contributed by atoms with Crippen LogP contribution in [0.4, 0.5) is 13.2 Å². The molecule has 7 heteroatoms. The Morgan fingerprint density at radius 3 is 2.50 bits per heavy atom. The van der Waals surface area contributed by atoms with Crippen molar-refractivity contribution < 1.29 is 17.9 Å². The fourth-order valence-electron chi connectivity index (χ4n) is 1.50. The van der Waals surface area contributed by atoms with E-state index in [4.69, 9.17) is 0 Å². The van der Waals surface area contributed by atoms with Gasteiger partial charge in [-0.15, -0.1) is 0 Å². The molecule has 0 unspecified atom stereocenters. The molecule has 0 amide bonds. The zero-order valence-corrected chi connectivity index (χ0v) is 11.8. The summed E-state index contributed by atoms with van der Waals surface area (Å²) in [6, 6.07) is 4.17. The Kier molecular flexibility index (Phi) is 3.60. The van der Waals surface area contributed by atoms with Crippen molar-refractivity contribution in [2.75, 3.05) is 9.86 Å². The molecular formula is C11H10F3IN2O. The molecule has 1 aromatic heterocycles. The van der Waals surface area contributed by atoms with E-state index < -0.39 is 26.2 Å². The number of fused-ring (bicyclic) bond motifs is 1. The second-order valence-corrected chi connectivity index (χ2v) is 8.98. The third kappa shape index (κ3) is 3.01. The molecule has 0 saturated heterocycles. The van der Waals surface area contributed by atoms with Gasteiger partial charge >= 0.3 is 109 Å². The summed E-state index contributed by atoms with van der Waals surface area (Å²) in [6.07, 6.45) is -3.30. The maximum absolute atomic E-state index is 12.1. The van der Waals surface area contributed by atoms with Gasteiger partial charge in [0.1, 0.15) is 0 Å². The average Bonchev–Trinajstić information content (AvgIpc) is 2.25. The number of aromatic nitrogens is 2. The van der Waals surface area contributed by atoms with Crippen LogP contribution in [-0.4, -0.2) is 26.2 Å². The predicted molar refractivity (Wildman–Crippen MR) is 70.8 cm³/mol. The molecule has 98 valence electrons. The van der Waals surface area contributed by atoms with Crippen LogP contribution in [0.15, 0.2) is 24.5 Å². The Bertz CT molecular complexity index is 572. The molecule has 0 aliphatic rings. The van der Waals surface area contributed by atoms with Gasteiger partial charge in [-0.1, -0.05) is 0 Å². The van der Waals surface area contributed by atoms with Gasteiger partial charge in [-0.05, 0) is 0 Å². The van der Waals surface area contributed by atoms with Crippen LogP contribution in [-0.2, 0) is 0 Å². The van der Waals surface area contributed by atoms with E-state index in [0.29, 0.717) is 5.52 Å². The normalized spacial score (nSPS) is 12.6. The molecular weight excluding hydrogens is 360 g/mol. The molecule has 0 bridgehead atoms. The van der Waals surface area contributed by atoms with E-state index in [1.54, 1.807) is 6.07 Å². The first kappa shape index (κ1) is 13.3. The number of rotatable bonds is 2. The van der Waals surface area contributed by atoms with Gasteiger partial charge in [-0.2, -0.15) is 0 Å². The van der Waals surface area contributed by atoms with Crippen LogP contribution in [0, 0.1) is 3.70 Å². The molecule has 0 atom stereocenters. The van der Waals surface area contributed by atoms with Crippen molar-refractivity contribution in [3.8, 4) is 5.75 Å². The molecule has 0 fully saturated rings. The molecule has 3 nitrogen and oxygen atoms in total. The molecule has 1 aromatic carbocycles. The first-order valence-electron chi connectivity index (χ1n) is 4.87. The van der Waals surface area contributed by atoms with E-state index in [1.165, 1.54) is 18.5 Å². The zero-order chi connectivity index (χ0) is 13.3. The fraction of sp³-hybridized carbons (Fsp3) is 0.273. The number of ether oxygens (including phenoxy) is 1. The van der Waals surface area contributed by atoms with Crippen molar-refractivity contribution in [1.29, 1.82) is 0 Å². The van der Waals surface area contributed by atoms with Crippen LogP contribution in [0.25, 0.3) is 10.9 Å². The van der Waals surface area contributed by atoms with E-state index in [1.807, 2.05) is 0 Å². The van der Waals surface area contributed by atoms with Gasteiger partial charge in [0.15, 0.2) is 0 Å². The number of halogens is 4. The van der Waals surface area contributed by atoms with E-state index in [9.17, 15) is 13.2 Å². The van der Waals surface area contributed by atoms with Gasteiger partial charge in [0, 0.05) is 0 Å². The third-order valence-electron chi connectivity index (χ3n) is 2.15. The number of hydrogen-bond donors (Lipinski definition) is 0. The van der Waals surface area contributed by atoms with Crippen LogP contribution >= 0.6 is 19.8 Å². The number of benzene rings is 1. The van der Waals surface area contributed by atoms with Gasteiger partial charge in [0.2, 0.25) is 0 Å². The standard InChI is InChI=1S/C11H10F3IN2O/c1-15(2)10-8-4-3-7(18-11(12,13)14)5-9(8)16-6-17-10/h3-6H,1-2H3. The van der Waals surface area contributed by atoms with E-state index in [2.05, 4.69) is 24.6 Å². The fourth-order valence-corrected chi connectivity index (χ4v) is 3.80. The van der Waals surface area contributed by atoms with Gasteiger partial charge in [-0.25, -0.2) is 0 Å². The van der Waals surface area contributed by atoms with Crippen LogP contribution < -0.4 is 4.74 Å². The third-order valence-corrected chi connectivity index (χ3v) is 5.05. The summed E-state index contributed by atoms with van der Waals surface area (Å²) in [6.45, 7) is 0. The summed E-state index contributed by atoms with van der Waals surface area (Å²) in [4.78, 5) is 12.4. The second-order valence-electron chi connectivity index (χ2n) is 3.65. The SMILES string of the molecule is CI(C)c1ncnc2cc(OC(F)(F)F)ccc12. The summed E-state index contributed by atoms with van der Waals surface area (Å²) in [5.41, 5.74) is 0.479. The topological polar surface area (TPSA) is 35.0 Å². The molecule has 0 saturated carbocycles. The number of nitrogens with zero attached hydrogens (tertiary/aromatic N) is 2. The molecule has 2 rings (SSSR count). The van der Waals surface area contributed by atoms with Gasteiger partial charge < -0.3 is 0 Å². The Balaban J connectivity index is 2.47. The predicted octanol–water partition coefficient (Wildman–Crippen LogP) is 3.46. The van der Waals surface area contributed by atoms with Crippen LogP contribution in [0.1, 0.15) is 0 Å². The maximum atomic E-state index is 12.1. The molecule has 0 N–H and O–H groups in total. The Labute approximate surface area is 109 Å². The molecule has 1 heterocycles. The molecule has 2 aromatic rings. The van der Waals surface area contributed by atoms with Crippen molar-refractivity contribution >= 4 is 30.7 Å². The van der Waals surface area contributed by atoms with E-state index in [-0.39, 0.29) is 5.75 Å². The summed E-state index contributed by atoms with van der Waals surface area (Å²) in [5.74, 6) is -0.257. The van der Waals surface area contributed by atoms with Crippen LogP contribution in [0.2, 0.25) is 0 Å². The Hall–Kier alpha value is -1.12. The minimum atomic E-state index is -4.68. The summed E-state index contributed by atoms with van der Waals surface area (Å²) < 4.78 is 41.1. The molecule has 0 aliphatic carbocycles. The van der Waals surface area contributed by atoms with Crippen LogP contribution in [0.3, 0.4) is 0 Å². The summed E-state index contributed by atoms with van der Waals surface area (Å²) in [5, 5.41) is 0.808. The average molecular weight is 370 g/mol. The first-order valence-corrected chi connectivity index (χ1v) is 10.3. The quantitative estimate of drug-likeness (QED) is 0.462. The molecule has 0 radical (unpaired) electrons. The molecule has 0 aliphatic heterocycles. The van der Waals surface area contributed by atoms with Crippen molar-refractivity contribution in [3.05, 3.63) is 28.2 Å².